The molecule has 1 nitrogen and oxygen atoms in total. The second-order valence-corrected chi connectivity index (χ2v) is 5.51. The van der Waals surface area contributed by atoms with Crippen LogP contribution in [-0.2, 0) is 0 Å². The molecule has 2 rings (SSSR count). The lowest BCUT2D eigenvalue weighted by Gasteiger charge is -2.20. The molecule has 0 unspecified atom stereocenters. The van der Waals surface area contributed by atoms with Gasteiger partial charge in [-0.2, -0.15) is 0 Å². The van der Waals surface area contributed by atoms with Gasteiger partial charge in [0.25, 0.3) is 0 Å². The monoisotopic (exact) mass is 282 g/mol. The van der Waals surface area contributed by atoms with E-state index in [0.717, 1.165) is 18.6 Å². The summed E-state index contributed by atoms with van der Waals surface area (Å²) in [6.45, 7) is 4.45. The Balaban J connectivity index is 2.12. The number of rotatable bonds is 8. The van der Waals surface area contributed by atoms with E-state index in [0.29, 0.717) is 6.10 Å². The van der Waals surface area contributed by atoms with Gasteiger partial charge >= 0.3 is 0 Å². The Morgan fingerprint density at radius 2 is 1.57 bits per heavy atom. The zero-order chi connectivity index (χ0) is 14.9. The van der Waals surface area contributed by atoms with E-state index in [4.69, 9.17) is 4.74 Å². The van der Waals surface area contributed by atoms with E-state index in [9.17, 15) is 0 Å². The van der Waals surface area contributed by atoms with Gasteiger partial charge in [-0.05, 0) is 30.9 Å². The summed E-state index contributed by atoms with van der Waals surface area (Å²) in [7, 11) is 0. The number of ether oxygens (including phenoxy) is 1. The molecule has 0 spiro atoms. The van der Waals surface area contributed by atoms with Crippen LogP contribution in [0.25, 0.3) is 11.1 Å². The van der Waals surface area contributed by atoms with E-state index >= 15 is 0 Å². The highest BCUT2D eigenvalue weighted by atomic mass is 16.5. The van der Waals surface area contributed by atoms with Gasteiger partial charge in [0.05, 0.1) is 6.10 Å². The van der Waals surface area contributed by atoms with Crippen LogP contribution in [0.3, 0.4) is 0 Å². The normalized spacial score (nSPS) is 12.1. The molecule has 0 bridgehead atoms. The fourth-order valence-electron chi connectivity index (χ4n) is 2.57. The molecule has 0 amide bonds. The molecular formula is C20H26O. The van der Waals surface area contributed by atoms with Crippen LogP contribution in [0, 0.1) is 0 Å². The first kappa shape index (κ1) is 15.6. The van der Waals surface area contributed by atoms with Gasteiger partial charge < -0.3 is 4.74 Å². The van der Waals surface area contributed by atoms with E-state index in [1.807, 2.05) is 6.07 Å². The highest BCUT2D eigenvalue weighted by molar-refractivity contribution is 5.70. The number of benzene rings is 2. The molecule has 1 atom stereocenters. The topological polar surface area (TPSA) is 9.23 Å². The predicted octanol–water partition coefficient (Wildman–Crippen LogP) is 6.09. The summed E-state index contributed by atoms with van der Waals surface area (Å²) in [5.41, 5.74) is 2.41. The zero-order valence-corrected chi connectivity index (χ0v) is 13.2. The number of hydrogen-bond acceptors (Lipinski definition) is 1. The van der Waals surface area contributed by atoms with Crippen LogP contribution in [0.5, 0.6) is 5.75 Å². The van der Waals surface area contributed by atoms with Crippen molar-refractivity contribution in [3.05, 3.63) is 54.6 Å². The van der Waals surface area contributed by atoms with Crippen LogP contribution in [0.15, 0.2) is 54.6 Å². The largest absolute Gasteiger partial charge is 0.490 e. The smallest absolute Gasteiger partial charge is 0.127 e. The summed E-state index contributed by atoms with van der Waals surface area (Å²) in [6.07, 6.45) is 6.33. The molecule has 0 radical (unpaired) electrons. The van der Waals surface area contributed by atoms with Crippen LogP contribution in [0.4, 0.5) is 0 Å². The van der Waals surface area contributed by atoms with Gasteiger partial charge in [0.15, 0.2) is 0 Å². The third kappa shape index (κ3) is 4.63. The number of hydrogen-bond donors (Lipinski definition) is 0. The molecule has 112 valence electrons. The maximum absolute atomic E-state index is 6.30. The van der Waals surface area contributed by atoms with Crippen LogP contribution < -0.4 is 4.74 Å². The van der Waals surface area contributed by atoms with Crippen molar-refractivity contribution >= 4 is 0 Å². The predicted molar refractivity (Wildman–Crippen MR) is 90.7 cm³/mol. The minimum Gasteiger partial charge on any atom is -0.490 e. The lowest BCUT2D eigenvalue weighted by molar-refractivity contribution is 0.183. The summed E-state index contributed by atoms with van der Waals surface area (Å²) in [5, 5.41) is 0. The molecule has 0 fully saturated rings. The number of unbranched alkanes of at least 4 members (excludes halogenated alkanes) is 2. The second-order valence-electron chi connectivity index (χ2n) is 5.51. The Bertz CT molecular complexity index is 518. The highest BCUT2D eigenvalue weighted by Gasteiger charge is 2.11. The molecule has 0 aromatic heterocycles. The Morgan fingerprint density at radius 3 is 2.29 bits per heavy atom. The molecule has 0 saturated heterocycles. The Kier molecular flexibility index (Phi) is 6.33. The van der Waals surface area contributed by atoms with E-state index in [1.165, 1.54) is 30.4 Å². The van der Waals surface area contributed by atoms with Crippen LogP contribution in [-0.4, -0.2) is 6.10 Å². The maximum Gasteiger partial charge on any atom is 0.127 e. The molecule has 1 heteroatoms. The quantitative estimate of drug-likeness (QED) is 0.532. The standard InChI is InChI=1S/C20H26O/c1-3-5-7-14-18(4-2)21-20-16-11-10-15-19(20)17-12-8-6-9-13-17/h6,8-13,15-16,18H,3-5,7,14H2,1-2H3/t18-/m1/s1. The third-order valence-electron chi connectivity index (χ3n) is 3.85. The van der Waals surface area contributed by atoms with Gasteiger partial charge in [-0.3, -0.25) is 0 Å². The highest BCUT2D eigenvalue weighted by Crippen LogP contribution is 2.31. The van der Waals surface area contributed by atoms with Gasteiger partial charge in [-0.1, -0.05) is 75.2 Å². The van der Waals surface area contributed by atoms with Crippen LogP contribution in [0.1, 0.15) is 46.0 Å². The van der Waals surface area contributed by atoms with Crippen molar-refractivity contribution in [3.8, 4) is 16.9 Å². The van der Waals surface area contributed by atoms with Gasteiger partial charge in [0, 0.05) is 5.56 Å². The SMILES string of the molecule is CCCCC[C@@H](CC)Oc1ccccc1-c1ccccc1. The molecule has 0 N–H and O–H groups in total. The van der Waals surface area contributed by atoms with E-state index in [2.05, 4.69) is 62.4 Å². The summed E-state index contributed by atoms with van der Waals surface area (Å²) in [6, 6.07) is 18.8. The Morgan fingerprint density at radius 1 is 0.857 bits per heavy atom. The zero-order valence-electron chi connectivity index (χ0n) is 13.2. The fraction of sp³-hybridized carbons (Fsp3) is 0.400. The van der Waals surface area contributed by atoms with Crippen molar-refractivity contribution in [2.75, 3.05) is 0 Å². The second kappa shape index (κ2) is 8.51. The molecule has 0 aliphatic carbocycles. The molecule has 2 aromatic carbocycles. The van der Waals surface area contributed by atoms with E-state index in [1.54, 1.807) is 0 Å². The van der Waals surface area contributed by atoms with Crippen molar-refractivity contribution < 1.29 is 4.74 Å². The number of para-hydroxylation sites is 1. The van der Waals surface area contributed by atoms with E-state index < -0.39 is 0 Å². The first-order valence-corrected chi connectivity index (χ1v) is 8.16. The van der Waals surface area contributed by atoms with Gasteiger partial charge in [-0.25, -0.2) is 0 Å². The first-order valence-electron chi connectivity index (χ1n) is 8.16. The maximum atomic E-state index is 6.30. The molecule has 0 saturated carbocycles. The summed E-state index contributed by atoms with van der Waals surface area (Å²) >= 11 is 0. The summed E-state index contributed by atoms with van der Waals surface area (Å²) in [4.78, 5) is 0. The average Bonchev–Trinajstić information content (AvgIpc) is 2.55. The van der Waals surface area contributed by atoms with Crippen molar-refractivity contribution in [1.82, 2.24) is 0 Å². The molecule has 0 aliphatic rings. The summed E-state index contributed by atoms with van der Waals surface area (Å²) in [5.74, 6) is 1.01. The van der Waals surface area contributed by atoms with Gasteiger partial charge in [0.1, 0.15) is 5.75 Å². The summed E-state index contributed by atoms with van der Waals surface area (Å²) < 4.78 is 6.30. The fourth-order valence-corrected chi connectivity index (χ4v) is 2.57. The molecule has 0 aliphatic heterocycles. The van der Waals surface area contributed by atoms with Gasteiger partial charge in [0.2, 0.25) is 0 Å². The van der Waals surface area contributed by atoms with Crippen molar-refractivity contribution in [2.24, 2.45) is 0 Å². The van der Waals surface area contributed by atoms with Crippen LogP contribution >= 0.6 is 0 Å². The van der Waals surface area contributed by atoms with E-state index in [-0.39, 0.29) is 0 Å². The Hall–Kier alpha value is -1.76. The Labute approximate surface area is 129 Å². The van der Waals surface area contributed by atoms with Crippen molar-refractivity contribution in [2.45, 2.75) is 52.1 Å². The van der Waals surface area contributed by atoms with Gasteiger partial charge in [-0.15, -0.1) is 0 Å². The van der Waals surface area contributed by atoms with Crippen molar-refractivity contribution in [3.63, 3.8) is 0 Å². The molecule has 2 aromatic rings. The third-order valence-corrected chi connectivity index (χ3v) is 3.85. The lowest BCUT2D eigenvalue weighted by atomic mass is 10.0. The van der Waals surface area contributed by atoms with Crippen molar-refractivity contribution in [1.29, 1.82) is 0 Å². The minimum absolute atomic E-state index is 0.321. The molecule has 21 heavy (non-hydrogen) atoms. The lowest BCUT2D eigenvalue weighted by Crippen LogP contribution is -2.15. The first-order chi connectivity index (χ1) is 10.3. The van der Waals surface area contributed by atoms with Crippen LogP contribution in [0.2, 0.25) is 0 Å². The average molecular weight is 282 g/mol. The molecule has 0 heterocycles. The molecular weight excluding hydrogens is 256 g/mol. The minimum atomic E-state index is 0.321.